The van der Waals surface area contributed by atoms with Gasteiger partial charge in [-0.2, -0.15) is 0 Å². The molecule has 1 aromatic rings. The molecule has 0 unspecified atom stereocenters. The van der Waals surface area contributed by atoms with Gasteiger partial charge in [-0.15, -0.1) is 0 Å². The van der Waals surface area contributed by atoms with Gasteiger partial charge in [0.25, 0.3) is 0 Å². The van der Waals surface area contributed by atoms with Gasteiger partial charge < -0.3 is 15.6 Å². The number of aromatic nitrogens is 1. The van der Waals surface area contributed by atoms with Gasteiger partial charge in [-0.25, -0.2) is 9.78 Å². The van der Waals surface area contributed by atoms with Crippen molar-refractivity contribution in [1.29, 1.82) is 0 Å². The maximum absolute atomic E-state index is 11.0. The molecule has 1 aromatic heterocycles. The van der Waals surface area contributed by atoms with Crippen molar-refractivity contribution in [1.82, 2.24) is 4.98 Å². The lowest BCUT2D eigenvalue weighted by Crippen LogP contribution is -2.10. The Morgan fingerprint density at radius 3 is 2.72 bits per heavy atom. The van der Waals surface area contributed by atoms with E-state index in [1.165, 1.54) is 12.8 Å². The summed E-state index contributed by atoms with van der Waals surface area (Å²) in [5.41, 5.74) is 6.82. The Morgan fingerprint density at radius 1 is 1.44 bits per heavy atom. The lowest BCUT2D eigenvalue weighted by atomic mass is 10.1. The monoisotopic (exact) mass is 248 g/mol. The van der Waals surface area contributed by atoms with Crippen molar-refractivity contribution in [2.75, 3.05) is 12.3 Å². The van der Waals surface area contributed by atoms with Crippen LogP contribution in [0.25, 0.3) is 0 Å². The van der Waals surface area contributed by atoms with Crippen LogP contribution in [-0.4, -0.2) is 22.7 Å². The summed E-state index contributed by atoms with van der Waals surface area (Å²) < 4.78 is 5.68. The van der Waals surface area contributed by atoms with E-state index in [9.17, 15) is 4.79 Å². The van der Waals surface area contributed by atoms with Gasteiger partial charge in [0.1, 0.15) is 0 Å². The molecule has 96 valence electrons. The molecule has 1 heterocycles. The van der Waals surface area contributed by atoms with Gasteiger partial charge >= 0.3 is 5.97 Å². The molecule has 0 spiro atoms. The summed E-state index contributed by atoms with van der Waals surface area (Å²) in [6, 6.07) is 1.72. The van der Waals surface area contributed by atoms with E-state index in [1.54, 1.807) is 6.07 Å². The number of carbonyl (C=O) groups is 1. The van der Waals surface area contributed by atoms with Gasteiger partial charge in [0.15, 0.2) is 5.69 Å². The molecule has 2 aliphatic carbocycles. The number of nitrogens with two attached hydrogens (primary N) is 1. The Labute approximate surface area is 105 Å². The summed E-state index contributed by atoms with van der Waals surface area (Å²) >= 11 is 0. The number of rotatable bonds is 5. The van der Waals surface area contributed by atoms with E-state index >= 15 is 0 Å². The van der Waals surface area contributed by atoms with Crippen molar-refractivity contribution in [3.05, 3.63) is 17.3 Å². The Bertz CT molecular complexity index is 493. The molecule has 3 N–H and O–H groups in total. The minimum atomic E-state index is -1.11. The van der Waals surface area contributed by atoms with E-state index in [2.05, 4.69) is 4.98 Å². The molecule has 2 fully saturated rings. The fraction of sp³-hybridized carbons (Fsp3) is 0.538. The molecule has 0 aliphatic heterocycles. The van der Waals surface area contributed by atoms with E-state index in [0.29, 0.717) is 24.3 Å². The minimum absolute atomic E-state index is 0.106. The van der Waals surface area contributed by atoms with Crippen LogP contribution in [0.2, 0.25) is 0 Å². The van der Waals surface area contributed by atoms with Crippen molar-refractivity contribution < 1.29 is 14.6 Å². The van der Waals surface area contributed by atoms with Crippen LogP contribution < -0.4 is 10.5 Å². The first-order valence-electron chi connectivity index (χ1n) is 6.31. The first kappa shape index (κ1) is 11.3. The highest BCUT2D eigenvalue weighted by molar-refractivity contribution is 5.91. The number of carboxylic acids is 1. The number of pyridine rings is 1. The summed E-state index contributed by atoms with van der Waals surface area (Å²) in [6.07, 6.45) is 4.60. The van der Waals surface area contributed by atoms with Gasteiger partial charge in [-0.05, 0) is 43.6 Å². The van der Waals surface area contributed by atoms with Crippen molar-refractivity contribution in [2.24, 2.45) is 5.92 Å². The fourth-order valence-corrected chi connectivity index (χ4v) is 1.98. The Balaban J connectivity index is 1.90. The van der Waals surface area contributed by atoms with E-state index < -0.39 is 5.97 Å². The molecule has 0 atom stereocenters. The van der Waals surface area contributed by atoms with E-state index in [1.807, 2.05) is 0 Å². The van der Waals surface area contributed by atoms with E-state index in [4.69, 9.17) is 15.6 Å². The van der Waals surface area contributed by atoms with Crippen molar-refractivity contribution in [3.8, 4) is 5.88 Å². The number of hydrogen-bond donors (Lipinski definition) is 2. The Hall–Kier alpha value is -1.78. The third kappa shape index (κ3) is 2.25. The van der Waals surface area contributed by atoms with Crippen LogP contribution in [0.15, 0.2) is 6.07 Å². The highest BCUT2D eigenvalue weighted by Crippen LogP contribution is 2.45. The highest BCUT2D eigenvalue weighted by atomic mass is 16.5. The summed E-state index contributed by atoms with van der Waals surface area (Å²) in [7, 11) is 0. The highest BCUT2D eigenvalue weighted by Gasteiger charge is 2.30. The molecule has 0 amide bonds. The minimum Gasteiger partial charge on any atom is -0.477 e. The number of nitrogen functional groups attached to an aromatic ring is 1. The number of ether oxygens (including phenoxy) is 1. The number of anilines is 1. The number of aromatic carboxylic acids is 1. The molecule has 0 bridgehead atoms. The average molecular weight is 248 g/mol. The Morgan fingerprint density at radius 2 is 2.17 bits per heavy atom. The normalized spacial score (nSPS) is 18.7. The standard InChI is InChI=1S/C13H16N2O3/c14-10-5-9(8-3-4-8)12(15-11(10)13(16)17)18-6-7-1-2-7/h5,7-8H,1-4,6,14H2,(H,16,17). The zero-order valence-corrected chi connectivity index (χ0v) is 10.1. The SMILES string of the molecule is Nc1cc(C2CC2)c(OCC2CC2)nc1C(=O)O. The van der Waals surface area contributed by atoms with Crippen LogP contribution in [0.1, 0.15) is 47.7 Å². The van der Waals surface area contributed by atoms with Crippen molar-refractivity contribution in [3.63, 3.8) is 0 Å². The predicted molar refractivity (Wildman–Crippen MR) is 65.8 cm³/mol. The smallest absolute Gasteiger partial charge is 0.356 e. The summed E-state index contributed by atoms with van der Waals surface area (Å²) in [5, 5.41) is 9.03. The summed E-state index contributed by atoms with van der Waals surface area (Å²) in [4.78, 5) is 15.1. The summed E-state index contributed by atoms with van der Waals surface area (Å²) in [5.74, 6) is 0.420. The lowest BCUT2D eigenvalue weighted by molar-refractivity contribution is 0.0690. The van der Waals surface area contributed by atoms with Crippen LogP contribution in [0.3, 0.4) is 0 Å². The molecule has 0 radical (unpaired) electrons. The first-order valence-corrected chi connectivity index (χ1v) is 6.31. The second-order valence-electron chi connectivity index (χ2n) is 5.15. The average Bonchev–Trinajstić information content (AvgIpc) is 3.19. The van der Waals surface area contributed by atoms with E-state index in [0.717, 1.165) is 18.4 Å². The maximum atomic E-state index is 11.0. The predicted octanol–water partition coefficient (Wildman–Crippen LogP) is 2.03. The van der Waals surface area contributed by atoms with Gasteiger partial charge in [0, 0.05) is 5.56 Å². The Kier molecular flexibility index (Phi) is 2.61. The molecule has 0 saturated heterocycles. The van der Waals surface area contributed by atoms with Crippen LogP contribution in [0.4, 0.5) is 5.69 Å². The second-order valence-corrected chi connectivity index (χ2v) is 5.15. The molecular formula is C13H16N2O3. The van der Waals surface area contributed by atoms with Crippen molar-refractivity contribution >= 4 is 11.7 Å². The molecule has 18 heavy (non-hydrogen) atoms. The van der Waals surface area contributed by atoms with Gasteiger partial charge in [0.05, 0.1) is 12.3 Å². The third-order valence-electron chi connectivity index (χ3n) is 3.42. The maximum Gasteiger partial charge on any atom is 0.356 e. The quantitative estimate of drug-likeness (QED) is 0.832. The number of nitrogens with zero attached hydrogens (tertiary/aromatic N) is 1. The molecule has 5 nitrogen and oxygen atoms in total. The summed E-state index contributed by atoms with van der Waals surface area (Å²) in [6.45, 7) is 0.635. The van der Waals surface area contributed by atoms with Crippen LogP contribution in [-0.2, 0) is 0 Å². The van der Waals surface area contributed by atoms with E-state index in [-0.39, 0.29) is 11.4 Å². The van der Waals surface area contributed by atoms with Gasteiger partial charge in [-0.3, -0.25) is 0 Å². The molecule has 5 heteroatoms. The van der Waals surface area contributed by atoms with Gasteiger partial charge in [-0.1, -0.05) is 0 Å². The molecule has 2 aliphatic rings. The third-order valence-corrected chi connectivity index (χ3v) is 3.42. The second kappa shape index (κ2) is 4.15. The van der Waals surface area contributed by atoms with Crippen LogP contribution in [0, 0.1) is 5.92 Å². The first-order chi connectivity index (χ1) is 8.65. The van der Waals surface area contributed by atoms with Crippen LogP contribution in [0.5, 0.6) is 5.88 Å². The number of carboxylic acid groups (broad SMARTS) is 1. The fourth-order valence-electron chi connectivity index (χ4n) is 1.98. The number of hydrogen-bond acceptors (Lipinski definition) is 4. The molecular weight excluding hydrogens is 232 g/mol. The zero-order valence-electron chi connectivity index (χ0n) is 10.1. The van der Waals surface area contributed by atoms with Gasteiger partial charge in [0.2, 0.25) is 5.88 Å². The molecule has 3 rings (SSSR count). The largest absolute Gasteiger partial charge is 0.477 e. The van der Waals surface area contributed by atoms with Crippen LogP contribution >= 0.6 is 0 Å². The zero-order chi connectivity index (χ0) is 12.7. The lowest BCUT2D eigenvalue weighted by Gasteiger charge is -2.12. The molecule has 0 aromatic carbocycles. The van der Waals surface area contributed by atoms with Crippen molar-refractivity contribution in [2.45, 2.75) is 31.6 Å². The molecule has 2 saturated carbocycles. The topological polar surface area (TPSA) is 85.4 Å².